The van der Waals surface area contributed by atoms with Crippen molar-refractivity contribution in [3.8, 4) is 22.7 Å². The van der Waals surface area contributed by atoms with Crippen LogP contribution in [0, 0.1) is 6.92 Å². The van der Waals surface area contributed by atoms with Crippen molar-refractivity contribution in [2.75, 3.05) is 20.2 Å². The molecule has 2 N–H and O–H groups in total. The molecule has 1 aliphatic heterocycles. The van der Waals surface area contributed by atoms with Crippen molar-refractivity contribution in [3.05, 3.63) is 59.6 Å². The summed E-state index contributed by atoms with van der Waals surface area (Å²) in [5.41, 5.74) is 5.60. The van der Waals surface area contributed by atoms with Gasteiger partial charge < -0.3 is 14.9 Å². The third-order valence-corrected chi connectivity index (χ3v) is 5.08. The number of nitrogens with one attached hydrogen (secondary N) is 1. The molecule has 3 aromatic rings. The van der Waals surface area contributed by atoms with Crippen LogP contribution in [0.5, 0.6) is 0 Å². The number of allylic oxidation sites excluding steroid dienone is 1. The van der Waals surface area contributed by atoms with Gasteiger partial charge in [0.2, 0.25) is 0 Å². The molecule has 0 fully saturated rings. The molecule has 0 saturated carbocycles. The quantitative estimate of drug-likeness (QED) is 0.567. The van der Waals surface area contributed by atoms with Crippen LogP contribution in [0.2, 0.25) is 0 Å². The zero-order valence-electron chi connectivity index (χ0n) is 17.5. The molecule has 31 heavy (non-hydrogen) atoms. The molecule has 0 bridgehead atoms. The summed E-state index contributed by atoms with van der Waals surface area (Å²) in [7, 11) is 1.92. The van der Waals surface area contributed by atoms with Crippen molar-refractivity contribution < 1.29 is 19.0 Å². The van der Waals surface area contributed by atoms with Gasteiger partial charge in [0.1, 0.15) is 18.0 Å². The van der Waals surface area contributed by atoms with E-state index >= 15 is 0 Å². The lowest BCUT2D eigenvalue weighted by Gasteiger charge is -2.08. The topological polar surface area (TPSA) is 104 Å². The van der Waals surface area contributed by atoms with Crippen molar-refractivity contribution in [1.82, 2.24) is 20.4 Å². The lowest BCUT2D eigenvalue weighted by molar-refractivity contribution is -0.447. The highest BCUT2D eigenvalue weighted by molar-refractivity contribution is 6.10. The summed E-state index contributed by atoms with van der Waals surface area (Å²) in [4.78, 5) is 21.2. The van der Waals surface area contributed by atoms with Crippen LogP contribution in [0.3, 0.4) is 0 Å². The Morgan fingerprint density at radius 1 is 1.23 bits per heavy atom. The van der Waals surface area contributed by atoms with E-state index in [0.717, 1.165) is 29.1 Å². The molecule has 8 nitrogen and oxygen atoms in total. The van der Waals surface area contributed by atoms with Gasteiger partial charge in [0, 0.05) is 18.2 Å². The van der Waals surface area contributed by atoms with E-state index in [0.29, 0.717) is 17.1 Å². The van der Waals surface area contributed by atoms with Gasteiger partial charge in [0.05, 0.1) is 29.6 Å². The highest BCUT2D eigenvalue weighted by Crippen LogP contribution is 2.27. The van der Waals surface area contributed by atoms with Crippen molar-refractivity contribution in [2.45, 2.75) is 19.9 Å². The predicted octanol–water partition coefficient (Wildman–Crippen LogP) is 2.22. The number of aliphatic hydroxyl groups is 1. The smallest absolute Gasteiger partial charge is 0.390 e. The Balaban J connectivity index is 1.63. The number of nitrogens with zero attached hydrogens (tertiary/aromatic N) is 4. The van der Waals surface area contributed by atoms with Gasteiger partial charge in [-0.1, -0.05) is 35.5 Å². The van der Waals surface area contributed by atoms with Crippen LogP contribution < -0.4 is 5.32 Å². The predicted molar refractivity (Wildman–Crippen MR) is 116 cm³/mol. The first-order valence-corrected chi connectivity index (χ1v) is 10.1. The van der Waals surface area contributed by atoms with Gasteiger partial charge in [0.15, 0.2) is 18.5 Å². The summed E-state index contributed by atoms with van der Waals surface area (Å²) in [6.45, 7) is 2.82. The lowest BCUT2D eigenvalue weighted by Crippen LogP contribution is -2.27. The Labute approximate surface area is 180 Å². The fraction of sp³-hybridized carbons (Fsp3) is 0.261. The van der Waals surface area contributed by atoms with Crippen LogP contribution >= 0.6 is 0 Å². The first kappa shape index (κ1) is 20.8. The maximum absolute atomic E-state index is 12.0. The molecule has 3 heterocycles. The van der Waals surface area contributed by atoms with Gasteiger partial charge in [-0.15, -0.1) is 0 Å². The molecule has 4 rings (SSSR count). The third kappa shape index (κ3) is 4.50. The van der Waals surface area contributed by atoms with Gasteiger partial charge in [-0.25, -0.2) is 9.78 Å². The van der Waals surface area contributed by atoms with E-state index in [9.17, 15) is 9.90 Å². The maximum atomic E-state index is 12.0. The molecular weight excluding hydrogens is 394 g/mol. The minimum absolute atomic E-state index is 0.0568. The van der Waals surface area contributed by atoms with E-state index in [4.69, 9.17) is 9.51 Å². The molecule has 8 heteroatoms. The number of carbonyl (C=O) groups excluding carboxylic acids is 1. The summed E-state index contributed by atoms with van der Waals surface area (Å²) in [6, 6.07) is 9.98. The summed E-state index contributed by atoms with van der Waals surface area (Å²) in [5.74, 6) is 0.472. The van der Waals surface area contributed by atoms with E-state index in [1.807, 2.05) is 38.2 Å². The van der Waals surface area contributed by atoms with E-state index in [-0.39, 0.29) is 25.5 Å². The molecule has 158 valence electrons. The number of hydrogen-bond acceptors (Lipinski definition) is 7. The monoisotopic (exact) mass is 418 g/mol. The number of hydrogen-bond donors (Lipinski definition) is 2. The standard InChI is InChI=1S/C23H24N5O3/c1-15-23(21-11-19(27-31-21)17-5-3-16(4-6-17)12-24-2)26-20(13-25-15)18-7-8-22(30)28(14-18)9-10-29/h3-7,11,13-14,24,29H,8-10,12H2,1-2H3/q+1. The molecule has 0 spiro atoms. The molecule has 0 saturated heterocycles. The van der Waals surface area contributed by atoms with Gasteiger partial charge >= 0.3 is 5.91 Å². The number of benzene rings is 1. The van der Waals surface area contributed by atoms with Crippen LogP contribution in [0.4, 0.5) is 0 Å². The van der Waals surface area contributed by atoms with E-state index in [1.54, 1.807) is 12.4 Å². The van der Waals surface area contributed by atoms with Gasteiger partial charge in [-0.2, -0.15) is 4.58 Å². The molecular formula is C23H24N5O3+. The average molecular weight is 418 g/mol. The molecule has 0 unspecified atom stereocenters. The molecule has 0 atom stereocenters. The number of aryl methyl sites for hydroxylation is 1. The first-order chi connectivity index (χ1) is 15.1. The first-order valence-electron chi connectivity index (χ1n) is 10.1. The van der Waals surface area contributed by atoms with E-state index < -0.39 is 0 Å². The lowest BCUT2D eigenvalue weighted by atomic mass is 10.1. The molecule has 1 amide bonds. The van der Waals surface area contributed by atoms with Crippen molar-refractivity contribution in [2.24, 2.45) is 0 Å². The average Bonchev–Trinajstić information content (AvgIpc) is 3.27. The minimum atomic E-state index is -0.100. The molecule has 0 radical (unpaired) electrons. The van der Waals surface area contributed by atoms with Crippen molar-refractivity contribution >= 4 is 17.7 Å². The summed E-state index contributed by atoms with van der Waals surface area (Å²) >= 11 is 0. The zero-order valence-corrected chi connectivity index (χ0v) is 17.5. The second-order valence-corrected chi connectivity index (χ2v) is 7.30. The van der Waals surface area contributed by atoms with Gasteiger partial charge in [-0.05, 0) is 19.5 Å². The molecule has 1 aliphatic rings. The van der Waals surface area contributed by atoms with Crippen LogP contribution in [0.15, 0.2) is 47.1 Å². The minimum Gasteiger partial charge on any atom is -0.390 e. The van der Waals surface area contributed by atoms with Crippen LogP contribution in [0.25, 0.3) is 28.3 Å². The van der Waals surface area contributed by atoms with E-state index in [1.165, 1.54) is 10.1 Å². The van der Waals surface area contributed by atoms with Crippen molar-refractivity contribution in [3.63, 3.8) is 0 Å². The van der Waals surface area contributed by atoms with Crippen molar-refractivity contribution in [1.29, 1.82) is 0 Å². The molecule has 2 aromatic heterocycles. The second-order valence-electron chi connectivity index (χ2n) is 7.30. The number of amides is 1. The fourth-order valence-electron chi connectivity index (χ4n) is 3.42. The van der Waals surface area contributed by atoms with Crippen LogP contribution in [-0.2, 0) is 11.3 Å². The number of aliphatic hydroxyl groups excluding tert-OH is 1. The normalized spacial score (nSPS) is 13.8. The Morgan fingerprint density at radius 2 is 2.03 bits per heavy atom. The molecule has 1 aromatic carbocycles. The second kappa shape index (κ2) is 9.11. The Kier molecular flexibility index (Phi) is 6.11. The fourth-order valence-corrected chi connectivity index (χ4v) is 3.42. The highest BCUT2D eigenvalue weighted by atomic mass is 16.5. The number of aromatic nitrogens is 3. The van der Waals surface area contributed by atoms with Gasteiger partial charge in [-0.3, -0.25) is 4.98 Å². The Bertz CT molecular complexity index is 1160. The SMILES string of the molecule is CNCc1ccc(-c2cc(-c3nc(C4=CCC(=O)[N+](CCO)=C4)cnc3C)on2)cc1. The Hall–Kier alpha value is -3.49. The summed E-state index contributed by atoms with van der Waals surface area (Å²) in [6.07, 6.45) is 5.44. The number of rotatable bonds is 7. The maximum Gasteiger partial charge on any atom is 0.390 e. The molecule has 0 aliphatic carbocycles. The summed E-state index contributed by atoms with van der Waals surface area (Å²) < 4.78 is 7.09. The van der Waals surface area contributed by atoms with Crippen LogP contribution in [0.1, 0.15) is 23.4 Å². The summed E-state index contributed by atoms with van der Waals surface area (Å²) in [5, 5.41) is 16.5. The zero-order chi connectivity index (χ0) is 21.8. The highest BCUT2D eigenvalue weighted by Gasteiger charge is 2.23. The van der Waals surface area contributed by atoms with E-state index in [2.05, 4.69) is 27.6 Å². The number of β-amino-alcohol motifs (C(OH)–C–C–N with tert-alkyl or cyclic N) is 1. The Morgan fingerprint density at radius 3 is 2.77 bits per heavy atom. The van der Waals surface area contributed by atoms with Gasteiger partial charge in [0.25, 0.3) is 0 Å². The third-order valence-electron chi connectivity index (χ3n) is 5.08. The number of carbonyl (C=O) groups is 1. The largest absolute Gasteiger partial charge is 0.390 e. The van der Waals surface area contributed by atoms with Crippen LogP contribution in [-0.4, -0.2) is 57.1 Å².